The van der Waals surface area contributed by atoms with Crippen LogP contribution in [0.1, 0.15) is 6.42 Å². The lowest BCUT2D eigenvalue weighted by molar-refractivity contribution is -0.120. The molecule has 22 heavy (non-hydrogen) atoms. The lowest BCUT2D eigenvalue weighted by atomic mass is 10.1. The zero-order chi connectivity index (χ0) is 16.0. The van der Waals surface area contributed by atoms with Gasteiger partial charge >= 0.3 is 0 Å². The van der Waals surface area contributed by atoms with Crippen molar-refractivity contribution in [3.63, 3.8) is 0 Å². The molecule has 5 nitrogen and oxygen atoms in total. The summed E-state index contributed by atoms with van der Waals surface area (Å²) in [5, 5.41) is 4.76. The predicted octanol–water partition coefficient (Wildman–Crippen LogP) is 1.77. The van der Waals surface area contributed by atoms with E-state index in [2.05, 4.69) is 5.32 Å². The molecule has 1 N–H and O–H groups in total. The number of carbonyl (C=O) groups is 1. The van der Waals surface area contributed by atoms with Gasteiger partial charge in [0.15, 0.2) is 0 Å². The number of amides is 1. The van der Waals surface area contributed by atoms with Gasteiger partial charge in [0, 0.05) is 18.1 Å². The maximum atomic E-state index is 11.5. The van der Waals surface area contributed by atoms with Gasteiger partial charge in [0.2, 0.25) is 5.91 Å². The Morgan fingerprint density at radius 3 is 2.64 bits per heavy atom. The fraction of sp³-hybridized carbons (Fsp3) is 0.312. The molecule has 0 spiro atoms. The van der Waals surface area contributed by atoms with Crippen molar-refractivity contribution in [1.29, 1.82) is 0 Å². The number of sulfone groups is 1. The van der Waals surface area contributed by atoms with E-state index in [1.165, 1.54) is 0 Å². The van der Waals surface area contributed by atoms with Crippen LogP contribution in [0.25, 0.3) is 10.8 Å². The summed E-state index contributed by atoms with van der Waals surface area (Å²) in [5.41, 5.74) is 0. The van der Waals surface area contributed by atoms with Crippen LogP contribution in [-0.2, 0) is 14.6 Å². The van der Waals surface area contributed by atoms with Crippen LogP contribution < -0.4 is 10.1 Å². The second kappa shape index (κ2) is 7.26. The van der Waals surface area contributed by atoms with Crippen LogP contribution in [-0.4, -0.2) is 39.5 Å². The maximum Gasteiger partial charge on any atom is 0.221 e. The lowest BCUT2D eigenvalue weighted by Gasteiger charge is -2.10. The van der Waals surface area contributed by atoms with Gasteiger partial charge in [-0.2, -0.15) is 0 Å². The van der Waals surface area contributed by atoms with E-state index in [1.807, 2.05) is 42.5 Å². The van der Waals surface area contributed by atoms with Crippen LogP contribution >= 0.6 is 0 Å². The maximum absolute atomic E-state index is 11.5. The summed E-state index contributed by atoms with van der Waals surface area (Å²) < 4.78 is 27.6. The molecule has 0 saturated carbocycles. The van der Waals surface area contributed by atoms with Gasteiger partial charge in [0.25, 0.3) is 0 Å². The molecular weight excluding hydrogens is 302 g/mol. The van der Waals surface area contributed by atoms with Crippen molar-refractivity contribution in [3.05, 3.63) is 42.5 Å². The molecule has 0 unspecified atom stereocenters. The highest BCUT2D eigenvalue weighted by Crippen LogP contribution is 2.24. The van der Waals surface area contributed by atoms with Crippen LogP contribution in [0.5, 0.6) is 5.75 Å². The molecule has 0 heterocycles. The van der Waals surface area contributed by atoms with Crippen molar-refractivity contribution in [2.75, 3.05) is 25.2 Å². The summed E-state index contributed by atoms with van der Waals surface area (Å²) in [6, 6.07) is 13.7. The number of rotatable bonds is 7. The lowest BCUT2D eigenvalue weighted by Crippen LogP contribution is -2.29. The number of nitrogens with one attached hydrogen (secondary N) is 1. The van der Waals surface area contributed by atoms with Crippen LogP contribution in [0.4, 0.5) is 0 Å². The van der Waals surface area contributed by atoms with Crippen molar-refractivity contribution in [2.24, 2.45) is 0 Å². The van der Waals surface area contributed by atoms with Crippen molar-refractivity contribution >= 4 is 26.5 Å². The first kappa shape index (κ1) is 16.3. The largest absolute Gasteiger partial charge is 0.491 e. The van der Waals surface area contributed by atoms with Crippen LogP contribution in [0.3, 0.4) is 0 Å². The van der Waals surface area contributed by atoms with Gasteiger partial charge in [-0.15, -0.1) is 0 Å². The van der Waals surface area contributed by atoms with Gasteiger partial charge < -0.3 is 10.1 Å². The molecule has 1 amide bonds. The zero-order valence-electron chi connectivity index (χ0n) is 12.4. The molecule has 0 aliphatic heterocycles. The summed E-state index contributed by atoms with van der Waals surface area (Å²) in [6.07, 6.45) is 1.09. The molecule has 0 radical (unpaired) electrons. The summed E-state index contributed by atoms with van der Waals surface area (Å²) in [4.78, 5) is 11.5. The Balaban J connectivity index is 1.80. The molecular formula is C16H19NO4S. The van der Waals surface area contributed by atoms with Gasteiger partial charge in [-0.05, 0) is 11.5 Å². The normalized spacial score (nSPS) is 11.3. The minimum Gasteiger partial charge on any atom is -0.491 e. The third-order valence-corrected chi connectivity index (χ3v) is 4.08. The summed E-state index contributed by atoms with van der Waals surface area (Å²) >= 11 is 0. The molecule has 0 aliphatic carbocycles. The van der Waals surface area contributed by atoms with Crippen molar-refractivity contribution in [3.8, 4) is 5.75 Å². The van der Waals surface area contributed by atoms with Gasteiger partial charge in [-0.1, -0.05) is 36.4 Å². The molecule has 0 atom stereocenters. The van der Waals surface area contributed by atoms with Gasteiger partial charge in [0.05, 0.1) is 12.3 Å². The Labute approximate surface area is 130 Å². The van der Waals surface area contributed by atoms with E-state index in [1.54, 1.807) is 0 Å². The molecule has 0 fully saturated rings. The Bertz CT molecular complexity index is 750. The van der Waals surface area contributed by atoms with Gasteiger partial charge in [-0.3, -0.25) is 4.79 Å². The van der Waals surface area contributed by atoms with E-state index in [9.17, 15) is 13.2 Å². The Morgan fingerprint density at radius 2 is 1.86 bits per heavy atom. The van der Waals surface area contributed by atoms with Crippen molar-refractivity contribution in [2.45, 2.75) is 6.42 Å². The minimum atomic E-state index is -3.11. The number of hydrogen-bond donors (Lipinski definition) is 1. The molecule has 2 aromatic carbocycles. The van der Waals surface area contributed by atoms with E-state index in [0.717, 1.165) is 22.8 Å². The highest BCUT2D eigenvalue weighted by molar-refractivity contribution is 7.90. The molecule has 118 valence electrons. The van der Waals surface area contributed by atoms with Crippen molar-refractivity contribution in [1.82, 2.24) is 5.32 Å². The van der Waals surface area contributed by atoms with Crippen LogP contribution in [0.15, 0.2) is 42.5 Å². The van der Waals surface area contributed by atoms with Gasteiger partial charge in [0.1, 0.15) is 22.2 Å². The molecule has 2 rings (SSSR count). The monoisotopic (exact) mass is 321 g/mol. The summed E-state index contributed by atoms with van der Waals surface area (Å²) in [7, 11) is -3.11. The van der Waals surface area contributed by atoms with E-state index in [0.29, 0.717) is 13.2 Å². The average Bonchev–Trinajstić information content (AvgIpc) is 2.49. The van der Waals surface area contributed by atoms with E-state index in [-0.39, 0.29) is 18.1 Å². The number of carbonyl (C=O) groups excluding carboxylic acids is 1. The molecule has 0 aliphatic rings. The summed E-state index contributed by atoms with van der Waals surface area (Å²) in [5.74, 6) is 0.346. The molecule has 0 bridgehead atoms. The van der Waals surface area contributed by atoms with Gasteiger partial charge in [-0.25, -0.2) is 8.42 Å². The molecule has 6 heteroatoms. The van der Waals surface area contributed by atoms with Crippen LogP contribution in [0.2, 0.25) is 0 Å². The van der Waals surface area contributed by atoms with E-state index < -0.39 is 9.84 Å². The van der Waals surface area contributed by atoms with E-state index >= 15 is 0 Å². The first-order valence-electron chi connectivity index (χ1n) is 7.01. The fourth-order valence-electron chi connectivity index (χ4n) is 2.04. The Morgan fingerprint density at radius 1 is 1.14 bits per heavy atom. The van der Waals surface area contributed by atoms with Crippen molar-refractivity contribution < 1.29 is 17.9 Å². The molecule has 0 saturated heterocycles. The second-order valence-electron chi connectivity index (χ2n) is 5.06. The van der Waals surface area contributed by atoms with Crippen LogP contribution in [0, 0.1) is 0 Å². The minimum absolute atomic E-state index is 0.0207. The second-order valence-corrected chi connectivity index (χ2v) is 7.32. The SMILES string of the molecule is CS(=O)(=O)CCC(=O)NCCOc1cccc2ccccc12. The quantitative estimate of drug-likeness (QED) is 0.789. The Kier molecular flexibility index (Phi) is 5.38. The first-order valence-corrected chi connectivity index (χ1v) is 9.07. The number of ether oxygens (including phenoxy) is 1. The number of hydrogen-bond acceptors (Lipinski definition) is 4. The van der Waals surface area contributed by atoms with E-state index in [4.69, 9.17) is 4.74 Å². The Hall–Kier alpha value is -2.08. The average molecular weight is 321 g/mol. The zero-order valence-corrected chi connectivity index (χ0v) is 13.2. The fourth-order valence-corrected chi connectivity index (χ4v) is 2.60. The topological polar surface area (TPSA) is 72.5 Å². The summed E-state index contributed by atoms with van der Waals surface area (Å²) in [6.45, 7) is 0.671. The predicted molar refractivity (Wildman–Crippen MR) is 86.8 cm³/mol. The third kappa shape index (κ3) is 5.04. The number of benzene rings is 2. The molecule has 2 aromatic rings. The standard InChI is InChI=1S/C16H19NO4S/c1-22(19,20)12-9-16(18)17-10-11-21-15-8-4-6-13-5-2-3-7-14(13)15/h2-8H,9-12H2,1H3,(H,17,18). The smallest absolute Gasteiger partial charge is 0.221 e. The molecule has 0 aromatic heterocycles. The number of fused-ring (bicyclic) bond motifs is 1. The highest BCUT2D eigenvalue weighted by atomic mass is 32.2. The highest BCUT2D eigenvalue weighted by Gasteiger charge is 2.07. The first-order chi connectivity index (χ1) is 10.5. The third-order valence-electron chi connectivity index (χ3n) is 3.13.